The molecule has 2 amide bonds. The van der Waals surface area contributed by atoms with Crippen LogP contribution in [-0.4, -0.2) is 11.0 Å². The Hall–Kier alpha value is -2.36. The van der Waals surface area contributed by atoms with E-state index in [1.807, 2.05) is 45.0 Å². The number of carbonyl (C=O) groups is 1. The maximum Gasteiger partial charge on any atom is 0.319 e. The molecule has 2 N–H and O–H groups in total. The van der Waals surface area contributed by atoms with Crippen LogP contribution in [-0.2, 0) is 0 Å². The van der Waals surface area contributed by atoms with Crippen molar-refractivity contribution in [1.29, 1.82) is 0 Å². The molecule has 20 heavy (non-hydrogen) atoms. The van der Waals surface area contributed by atoms with E-state index in [0.29, 0.717) is 0 Å². The lowest BCUT2D eigenvalue weighted by Gasteiger charge is -2.15. The lowest BCUT2D eigenvalue weighted by atomic mass is 10.1. The van der Waals surface area contributed by atoms with Gasteiger partial charge in [-0.25, -0.2) is 4.79 Å². The minimum atomic E-state index is -0.216. The molecule has 0 spiro atoms. The summed E-state index contributed by atoms with van der Waals surface area (Å²) in [4.78, 5) is 16.0. The number of anilines is 1. The molecule has 0 aliphatic heterocycles. The van der Waals surface area contributed by atoms with E-state index in [1.165, 1.54) is 0 Å². The SMILES string of the molecule is Cc1cc(C)cc(NC(=O)NC(C)c2cccnc2)c1. The van der Waals surface area contributed by atoms with Crippen LogP contribution in [0.4, 0.5) is 10.5 Å². The van der Waals surface area contributed by atoms with Crippen LogP contribution in [0, 0.1) is 13.8 Å². The van der Waals surface area contributed by atoms with Crippen molar-refractivity contribution in [3.63, 3.8) is 0 Å². The molecule has 0 aliphatic rings. The lowest BCUT2D eigenvalue weighted by Crippen LogP contribution is -2.31. The molecular weight excluding hydrogens is 250 g/mol. The molecule has 104 valence electrons. The number of nitrogens with zero attached hydrogens (tertiary/aromatic N) is 1. The first-order chi connectivity index (χ1) is 9.54. The smallest absolute Gasteiger partial charge is 0.319 e. The van der Waals surface area contributed by atoms with Crippen LogP contribution in [0.1, 0.15) is 29.7 Å². The summed E-state index contributed by atoms with van der Waals surface area (Å²) in [7, 11) is 0. The number of aryl methyl sites for hydroxylation is 2. The van der Waals surface area contributed by atoms with Crippen LogP contribution in [0.25, 0.3) is 0 Å². The molecule has 1 aromatic heterocycles. The molecule has 1 atom stereocenters. The number of aromatic nitrogens is 1. The molecule has 4 nitrogen and oxygen atoms in total. The van der Waals surface area contributed by atoms with Crippen LogP contribution in [0.5, 0.6) is 0 Å². The molecule has 0 fully saturated rings. The first-order valence-corrected chi connectivity index (χ1v) is 6.60. The number of hydrogen-bond donors (Lipinski definition) is 2. The van der Waals surface area contributed by atoms with Crippen molar-refractivity contribution in [2.45, 2.75) is 26.8 Å². The first kappa shape index (κ1) is 14.1. The summed E-state index contributed by atoms with van der Waals surface area (Å²) < 4.78 is 0. The highest BCUT2D eigenvalue weighted by Crippen LogP contribution is 2.14. The number of benzene rings is 1. The Morgan fingerprint density at radius 2 is 1.90 bits per heavy atom. The van der Waals surface area contributed by atoms with Crippen LogP contribution in [0.2, 0.25) is 0 Å². The van der Waals surface area contributed by atoms with Gasteiger partial charge in [0.15, 0.2) is 0 Å². The van der Waals surface area contributed by atoms with Gasteiger partial charge in [0.1, 0.15) is 0 Å². The second-order valence-corrected chi connectivity index (χ2v) is 4.98. The third kappa shape index (κ3) is 3.82. The molecule has 1 unspecified atom stereocenters. The fourth-order valence-electron chi connectivity index (χ4n) is 2.13. The predicted molar refractivity (Wildman–Crippen MR) is 80.7 cm³/mol. The van der Waals surface area contributed by atoms with Gasteiger partial charge in [0.05, 0.1) is 6.04 Å². The second kappa shape index (κ2) is 6.19. The summed E-state index contributed by atoms with van der Waals surface area (Å²) in [5.41, 5.74) is 4.03. The van der Waals surface area contributed by atoms with Crippen molar-refractivity contribution < 1.29 is 4.79 Å². The number of amides is 2. The number of carbonyl (C=O) groups excluding carboxylic acids is 1. The fourth-order valence-corrected chi connectivity index (χ4v) is 2.13. The van der Waals surface area contributed by atoms with Crippen molar-refractivity contribution in [2.75, 3.05) is 5.32 Å². The monoisotopic (exact) mass is 269 g/mol. The highest BCUT2D eigenvalue weighted by Gasteiger charge is 2.09. The molecule has 1 aromatic carbocycles. The largest absolute Gasteiger partial charge is 0.331 e. The maximum absolute atomic E-state index is 12.0. The molecular formula is C16H19N3O. The van der Waals surface area contributed by atoms with E-state index in [4.69, 9.17) is 0 Å². The summed E-state index contributed by atoms with van der Waals surface area (Å²) in [5.74, 6) is 0. The van der Waals surface area contributed by atoms with Gasteiger partial charge in [0, 0.05) is 18.1 Å². The Morgan fingerprint density at radius 3 is 2.50 bits per heavy atom. The molecule has 0 radical (unpaired) electrons. The third-order valence-electron chi connectivity index (χ3n) is 3.01. The van der Waals surface area contributed by atoms with Gasteiger partial charge in [-0.1, -0.05) is 12.1 Å². The molecule has 4 heteroatoms. The van der Waals surface area contributed by atoms with Crippen molar-refractivity contribution in [1.82, 2.24) is 10.3 Å². The van der Waals surface area contributed by atoms with Gasteiger partial charge in [-0.2, -0.15) is 0 Å². The van der Waals surface area contributed by atoms with Gasteiger partial charge in [0.2, 0.25) is 0 Å². The zero-order valence-electron chi connectivity index (χ0n) is 12.0. The Morgan fingerprint density at radius 1 is 1.20 bits per heavy atom. The summed E-state index contributed by atoms with van der Waals surface area (Å²) >= 11 is 0. The maximum atomic E-state index is 12.0. The molecule has 0 bridgehead atoms. The van der Waals surface area contributed by atoms with E-state index in [0.717, 1.165) is 22.4 Å². The van der Waals surface area contributed by atoms with Gasteiger partial charge in [0.25, 0.3) is 0 Å². The van der Waals surface area contributed by atoms with Gasteiger partial charge in [-0.3, -0.25) is 4.98 Å². The topological polar surface area (TPSA) is 54.0 Å². The van der Waals surface area contributed by atoms with Gasteiger partial charge < -0.3 is 10.6 Å². The summed E-state index contributed by atoms with van der Waals surface area (Å²) in [6.45, 7) is 5.95. The van der Waals surface area contributed by atoms with Gasteiger partial charge in [-0.05, 0) is 55.7 Å². The average molecular weight is 269 g/mol. The lowest BCUT2D eigenvalue weighted by molar-refractivity contribution is 0.249. The highest BCUT2D eigenvalue weighted by molar-refractivity contribution is 5.89. The van der Waals surface area contributed by atoms with Crippen LogP contribution < -0.4 is 10.6 Å². The summed E-state index contributed by atoms with van der Waals surface area (Å²) in [6.07, 6.45) is 3.47. The third-order valence-corrected chi connectivity index (χ3v) is 3.01. The van der Waals surface area contributed by atoms with Gasteiger partial charge >= 0.3 is 6.03 Å². The highest BCUT2D eigenvalue weighted by atomic mass is 16.2. The van der Waals surface area contributed by atoms with Crippen molar-refractivity contribution in [3.05, 3.63) is 59.4 Å². The van der Waals surface area contributed by atoms with E-state index in [1.54, 1.807) is 12.4 Å². The summed E-state index contributed by atoms with van der Waals surface area (Å²) in [6, 6.07) is 9.45. The second-order valence-electron chi connectivity index (χ2n) is 4.98. The summed E-state index contributed by atoms with van der Waals surface area (Å²) in [5, 5.41) is 5.75. The number of nitrogens with one attached hydrogen (secondary N) is 2. The van der Waals surface area contributed by atoms with E-state index < -0.39 is 0 Å². The normalized spacial score (nSPS) is 11.8. The van der Waals surface area contributed by atoms with E-state index in [2.05, 4.69) is 21.7 Å². The fraction of sp³-hybridized carbons (Fsp3) is 0.250. The Labute approximate surface area is 119 Å². The molecule has 2 aromatic rings. The van der Waals surface area contributed by atoms with E-state index >= 15 is 0 Å². The van der Waals surface area contributed by atoms with Gasteiger partial charge in [-0.15, -0.1) is 0 Å². The van der Waals surface area contributed by atoms with Crippen molar-refractivity contribution in [2.24, 2.45) is 0 Å². The minimum Gasteiger partial charge on any atom is -0.331 e. The van der Waals surface area contributed by atoms with Crippen molar-refractivity contribution >= 4 is 11.7 Å². The van der Waals surface area contributed by atoms with E-state index in [9.17, 15) is 4.79 Å². The zero-order valence-corrected chi connectivity index (χ0v) is 12.0. The number of urea groups is 1. The van der Waals surface area contributed by atoms with Crippen LogP contribution in [0.3, 0.4) is 0 Å². The number of rotatable bonds is 3. The van der Waals surface area contributed by atoms with E-state index in [-0.39, 0.29) is 12.1 Å². The Kier molecular flexibility index (Phi) is 4.35. The Bertz CT molecular complexity index is 576. The molecule has 2 rings (SSSR count). The predicted octanol–water partition coefficient (Wildman–Crippen LogP) is 3.58. The van der Waals surface area contributed by atoms with Crippen molar-refractivity contribution in [3.8, 4) is 0 Å². The first-order valence-electron chi connectivity index (χ1n) is 6.60. The molecule has 0 saturated heterocycles. The number of hydrogen-bond acceptors (Lipinski definition) is 2. The minimum absolute atomic E-state index is 0.0883. The number of pyridine rings is 1. The molecule has 1 heterocycles. The van der Waals surface area contributed by atoms with Crippen LogP contribution >= 0.6 is 0 Å². The zero-order chi connectivity index (χ0) is 14.5. The Balaban J connectivity index is 1.99. The molecule has 0 aliphatic carbocycles. The standard InChI is InChI=1S/C16H19N3O/c1-11-7-12(2)9-15(8-11)19-16(20)18-13(3)14-5-4-6-17-10-14/h4-10,13H,1-3H3,(H2,18,19,20). The average Bonchev–Trinajstić information content (AvgIpc) is 2.38. The molecule has 0 saturated carbocycles. The van der Waals surface area contributed by atoms with Crippen LogP contribution in [0.15, 0.2) is 42.7 Å². The quantitative estimate of drug-likeness (QED) is 0.894.